The number of carbonyl (C=O) groups is 2. The van der Waals surface area contributed by atoms with Gasteiger partial charge in [0.15, 0.2) is 5.13 Å². The lowest BCUT2D eigenvalue weighted by atomic mass is 10.1. The van der Waals surface area contributed by atoms with Crippen molar-refractivity contribution in [1.29, 1.82) is 0 Å². The number of hydrogen-bond donors (Lipinski definition) is 2. The van der Waals surface area contributed by atoms with Gasteiger partial charge in [0, 0.05) is 47.9 Å². The number of fused-ring (bicyclic) bond motifs is 1. The zero-order chi connectivity index (χ0) is 23.5. The van der Waals surface area contributed by atoms with Crippen LogP contribution in [-0.4, -0.2) is 26.2 Å². The van der Waals surface area contributed by atoms with E-state index in [9.17, 15) is 9.59 Å². The Morgan fingerprint density at radius 2 is 1.71 bits per heavy atom. The van der Waals surface area contributed by atoms with Crippen LogP contribution in [-0.2, 0) is 11.3 Å². The van der Waals surface area contributed by atoms with E-state index in [0.29, 0.717) is 22.9 Å². The van der Waals surface area contributed by atoms with Gasteiger partial charge in [0.2, 0.25) is 5.91 Å². The number of amides is 2. The minimum Gasteiger partial charge on any atom is -0.352 e. The molecule has 2 aromatic carbocycles. The molecule has 0 saturated carbocycles. The fourth-order valence-electron chi connectivity index (χ4n) is 3.52. The maximum absolute atomic E-state index is 12.8. The molecule has 168 valence electrons. The number of benzene rings is 2. The van der Waals surface area contributed by atoms with E-state index in [4.69, 9.17) is 0 Å². The zero-order valence-electron chi connectivity index (χ0n) is 18.4. The fourth-order valence-corrected chi connectivity index (χ4v) is 4.24. The van der Waals surface area contributed by atoms with Crippen molar-refractivity contribution in [1.82, 2.24) is 19.7 Å². The maximum atomic E-state index is 12.8. The molecule has 0 radical (unpaired) electrons. The summed E-state index contributed by atoms with van der Waals surface area (Å²) in [7, 11) is 0. The van der Waals surface area contributed by atoms with Crippen molar-refractivity contribution in [2.24, 2.45) is 0 Å². The zero-order valence-corrected chi connectivity index (χ0v) is 19.2. The molecule has 0 bridgehead atoms. The van der Waals surface area contributed by atoms with Gasteiger partial charge in [0.05, 0.1) is 11.4 Å². The van der Waals surface area contributed by atoms with Crippen LogP contribution in [0.5, 0.6) is 0 Å². The molecule has 0 aliphatic carbocycles. The minimum atomic E-state index is -0.238. The quantitative estimate of drug-likeness (QED) is 0.367. The minimum absolute atomic E-state index is 0.0625. The molecule has 0 fully saturated rings. The molecule has 0 aliphatic rings. The molecule has 8 heteroatoms. The summed E-state index contributed by atoms with van der Waals surface area (Å²) in [6.45, 7) is 1.98. The Morgan fingerprint density at radius 3 is 2.47 bits per heavy atom. The molecule has 7 nitrogen and oxygen atoms in total. The lowest BCUT2D eigenvalue weighted by molar-refractivity contribution is -0.119. The lowest BCUT2D eigenvalue weighted by Crippen LogP contribution is -2.18. The maximum Gasteiger partial charge on any atom is 0.257 e. The highest BCUT2D eigenvalue weighted by atomic mass is 32.1. The topological polar surface area (TPSA) is 88.4 Å². The van der Waals surface area contributed by atoms with Gasteiger partial charge in [-0.2, -0.15) is 0 Å². The molecule has 5 aromatic rings. The van der Waals surface area contributed by atoms with E-state index >= 15 is 0 Å². The number of thiazole rings is 1. The Hall–Kier alpha value is -4.30. The number of hydrogen-bond acceptors (Lipinski definition) is 5. The van der Waals surface area contributed by atoms with Crippen molar-refractivity contribution >= 4 is 33.9 Å². The predicted molar refractivity (Wildman–Crippen MR) is 134 cm³/mol. The van der Waals surface area contributed by atoms with Crippen LogP contribution in [0.3, 0.4) is 0 Å². The molecule has 0 saturated heterocycles. The third-order valence-electron chi connectivity index (χ3n) is 5.31. The number of nitrogens with zero attached hydrogens (tertiary/aromatic N) is 3. The largest absolute Gasteiger partial charge is 0.352 e. The molecule has 3 aromatic heterocycles. The second-order valence-corrected chi connectivity index (χ2v) is 8.63. The number of nitrogens with one attached hydrogen (secondary N) is 2. The predicted octanol–water partition coefficient (Wildman–Crippen LogP) is 5.01. The van der Waals surface area contributed by atoms with Crippen LogP contribution in [0.4, 0.5) is 5.13 Å². The van der Waals surface area contributed by atoms with Crippen LogP contribution in [0.2, 0.25) is 0 Å². The number of imidazole rings is 1. The third kappa shape index (κ3) is 4.72. The number of pyridine rings is 1. The van der Waals surface area contributed by atoms with E-state index in [1.54, 1.807) is 12.1 Å². The van der Waals surface area contributed by atoms with Crippen molar-refractivity contribution in [3.63, 3.8) is 0 Å². The van der Waals surface area contributed by atoms with Crippen LogP contribution in [0.25, 0.3) is 28.2 Å². The standard InChI is InChI=1S/C26H21N5O2S/c1-17(32)27-14-18-7-9-20(10-8-18)23-16-34-26(29-23)30-25(33)21-11-12-31-15-22(28-24(31)13-21)19-5-3-2-4-6-19/h2-13,15-16H,14H2,1H3,(H,27,32)(H,29,30,33). The van der Waals surface area contributed by atoms with E-state index in [1.807, 2.05) is 76.8 Å². The molecular formula is C26H21N5O2S. The van der Waals surface area contributed by atoms with Crippen molar-refractivity contribution in [2.75, 3.05) is 5.32 Å². The Labute approximate surface area is 200 Å². The summed E-state index contributed by atoms with van der Waals surface area (Å²) in [5.41, 5.74) is 5.81. The molecule has 0 atom stereocenters. The molecule has 2 N–H and O–H groups in total. The Kier molecular flexibility index (Phi) is 5.88. The second kappa shape index (κ2) is 9.29. The first kappa shape index (κ1) is 21.5. The highest BCUT2D eigenvalue weighted by Gasteiger charge is 2.12. The number of carbonyl (C=O) groups excluding carboxylic acids is 2. The smallest absolute Gasteiger partial charge is 0.257 e. The number of aromatic nitrogens is 3. The second-order valence-electron chi connectivity index (χ2n) is 7.77. The monoisotopic (exact) mass is 467 g/mol. The van der Waals surface area contributed by atoms with E-state index in [-0.39, 0.29) is 11.8 Å². The summed E-state index contributed by atoms with van der Waals surface area (Å²) in [5.74, 6) is -0.300. The van der Waals surface area contributed by atoms with E-state index in [2.05, 4.69) is 20.6 Å². The van der Waals surface area contributed by atoms with E-state index in [0.717, 1.165) is 28.1 Å². The van der Waals surface area contributed by atoms with Crippen LogP contribution >= 0.6 is 11.3 Å². The lowest BCUT2D eigenvalue weighted by Gasteiger charge is -2.04. The van der Waals surface area contributed by atoms with Gasteiger partial charge in [-0.05, 0) is 17.7 Å². The summed E-state index contributed by atoms with van der Waals surface area (Å²) in [5, 5.41) is 8.09. The van der Waals surface area contributed by atoms with Crippen molar-refractivity contribution < 1.29 is 9.59 Å². The summed E-state index contributed by atoms with van der Waals surface area (Å²) in [4.78, 5) is 33.1. The molecule has 0 aliphatic heterocycles. The van der Waals surface area contributed by atoms with Crippen LogP contribution in [0.15, 0.2) is 84.5 Å². The molecule has 3 heterocycles. The highest BCUT2D eigenvalue weighted by Crippen LogP contribution is 2.26. The van der Waals surface area contributed by atoms with Gasteiger partial charge in [0.1, 0.15) is 5.65 Å². The summed E-state index contributed by atoms with van der Waals surface area (Å²) >= 11 is 1.37. The van der Waals surface area contributed by atoms with Crippen molar-refractivity contribution in [3.8, 4) is 22.5 Å². The van der Waals surface area contributed by atoms with Gasteiger partial charge in [-0.15, -0.1) is 11.3 Å². The van der Waals surface area contributed by atoms with Gasteiger partial charge < -0.3 is 9.72 Å². The van der Waals surface area contributed by atoms with Crippen LogP contribution < -0.4 is 10.6 Å². The Balaban J connectivity index is 1.29. The molecule has 0 spiro atoms. The van der Waals surface area contributed by atoms with Gasteiger partial charge in [-0.1, -0.05) is 54.6 Å². The average molecular weight is 468 g/mol. The molecule has 34 heavy (non-hydrogen) atoms. The summed E-state index contributed by atoms with van der Waals surface area (Å²) < 4.78 is 1.90. The van der Waals surface area contributed by atoms with Crippen molar-refractivity contribution in [3.05, 3.63) is 95.6 Å². The molecular weight excluding hydrogens is 446 g/mol. The number of anilines is 1. The van der Waals surface area contributed by atoms with Crippen LogP contribution in [0, 0.1) is 0 Å². The first-order valence-electron chi connectivity index (χ1n) is 10.7. The van der Waals surface area contributed by atoms with Gasteiger partial charge in [-0.25, -0.2) is 9.97 Å². The Bertz CT molecular complexity index is 1470. The van der Waals surface area contributed by atoms with Gasteiger partial charge >= 0.3 is 0 Å². The first-order valence-corrected chi connectivity index (χ1v) is 11.6. The fraction of sp³-hybridized carbons (Fsp3) is 0.0769. The van der Waals surface area contributed by atoms with Crippen molar-refractivity contribution in [2.45, 2.75) is 13.5 Å². The van der Waals surface area contributed by atoms with Gasteiger partial charge in [0.25, 0.3) is 5.91 Å². The third-order valence-corrected chi connectivity index (χ3v) is 6.07. The van der Waals surface area contributed by atoms with Gasteiger partial charge in [-0.3, -0.25) is 14.9 Å². The normalized spacial score (nSPS) is 10.9. The van der Waals surface area contributed by atoms with Crippen LogP contribution in [0.1, 0.15) is 22.8 Å². The first-order chi connectivity index (χ1) is 16.5. The SMILES string of the molecule is CC(=O)NCc1ccc(-c2csc(NC(=O)c3ccn4cc(-c5ccccc5)nc4c3)n2)cc1. The molecule has 5 rings (SSSR count). The molecule has 2 amide bonds. The number of rotatable bonds is 6. The summed E-state index contributed by atoms with van der Waals surface area (Å²) in [6, 6.07) is 21.3. The molecule has 0 unspecified atom stereocenters. The summed E-state index contributed by atoms with van der Waals surface area (Å²) in [6.07, 6.45) is 3.78. The Morgan fingerprint density at radius 1 is 0.941 bits per heavy atom. The average Bonchev–Trinajstić information content (AvgIpc) is 3.50. The van der Waals surface area contributed by atoms with E-state index < -0.39 is 0 Å². The highest BCUT2D eigenvalue weighted by molar-refractivity contribution is 7.14. The van der Waals surface area contributed by atoms with E-state index in [1.165, 1.54) is 18.3 Å².